The average Bonchev–Trinajstić information content (AvgIpc) is 2.52. The van der Waals surface area contributed by atoms with Gasteiger partial charge in [0, 0.05) is 25.2 Å². The van der Waals surface area contributed by atoms with Crippen LogP contribution in [-0.2, 0) is 11.3 Å². The number of amides is 1. The molecule has 116 valence electrons. The summed E-state index contributed by atoms with van der Waals surface area (Å²) < 4.78 is 6.69. The third-order valence-corrected chi connectivity index (χ3v) is 4.29. The van der Waals surface area contributed by atoms with Gasteiger partial charge in [0.2, 0.25) is 0 Å². The second-order valence-electron chi connectivity index (χ2n) is 5.24. The molecule has 1 heterocycles. The first-order valence-corrected chi connectivity index (χ1v) is 8.40. The molecule has 1 aromatic carbocycles. The van der Waals surface area contributed by atoms with Gasteiger partial charge in [-0.05, 0) is 47.8 Å². The highest BCUT2D eigenvalue weighted by Crippen LogP contribution is 2.29. The van der Waals surface area contributed by atoms with Crippen molar-refractivity contribution in [2.24, 2.45) is 0 Å². The number of nitrogens with zero attached hydrogens (tertiary/aromatic N) is 1. The van der Waals surface area contributed by atoms with Gasteiger partial charge in [0.05, 0.1) is 4.47 Å². The van der Waals surface area contributed by atoms with Crippen LogP contribution in [0, 0.1) is 0 Å². The Morgan fingerprint density at radius 1 is 1.33 bits per heavy atom. The van der Waals surface area contributed by atoms with Crippen molar-refractivity contribution in [3.8, 4) is 5.75 Å². The molecule has 1 aromatic rings. The van der Waals surface area contributed by atoms with Crippen molar-refractivity contribution >= 4 is 21.8 Å². The molecular weight excluding hydrogens is 332 g/mol. The van der Waals surface area contributed by atoms with E-state index in [4.69, 9.17) is 4.74 Å². The quantitative estimate of drug-likeness (QED) is 0.853. The zero-order chi connectivity index (χ0) is 15.1. The fourth-order valence-electron chi connectivity index (χ4n) is 2.48. The highest BCUT2D eigenvalue weighted by Gasteiger charge is 2.18. The monoisotopic (exact) mass is 354 g/mol. The molecule has 1 aliphatic heterocycles. The number of benzene rings is 1. The average molecular weight is 355 g/mol. The second kappa shape index (κ2) is 8.39. The first-order chi connectivity index (χ1) is 10.2. The lowest BCUT2D eigenvalue weighted by Crippen LogP contribution is -2.38. The number of piperidine rings is 1. The van der Waals surface area contributed by atoms with Crippen LogP contribution in [0.3, 0.4) is 0 Å². The van der Waals surface area contributed by atoms with E-state index in [9.17, 15) is 4.79 Å². The van der Waals surface area contributed by atoms with Crippen molar-refractivity contribution in [3.05, 3.63) is 28.2 Å². The van der Waals surface area contributed by atoms with Gasteiger partial charge in [0.1, 0.15) is 5.75 Å². The molecule has 5 heteroatoms. The first kappa shape index (κ1) is 16.3. The number of ether oxygens (including phenoxy) is 1. The summed E-state index contributed by atoms with van der Waals surface area (Å²) in [5.41, 5.74) is 1.07. The highest BCUT2D eigenvalue weighted by atomic mass is 79.9. The van der Waals surface area contributed by atoms with Crippen LogP contribution in [0.4, 0.5) is 0 Å². The van der Waals surface area contributed by atoms with Crippen LogP contribution in [0.5, 0.6) is 5.75 Å². The molecular formula is C16H23BrN2O2. The Kier molecular flexibility index (Phi) is 6.51. The second-order valence-corrected chi connectivity index (χ2v) is 6.09. The summed E-state index contributed by atoms with van der Waals surface area (Å²) in [6.45, 7) is 5.55. The summed E-state index contributed by atoms with van der Waals surface area (Å²) in [5, 5.41) is 3.29. The van der Waals surface area contributed by atoms with Gasteiger partial charge in [0.25, 0.3) is 5.91 Å². The van der Waals surface area contributed by atoms with Crippen molar-refractivity contribution in [3.63, 3.8) is 0 Å². The fraction of sp³-hybridized carbons (Fsp3) is 0.562. The SMILES string of the molecule is CCNCc1cccc(Br)c1OCC(=O)N1CCCCC1. The Hall–Kier alpha value is -1.07. The lowest BCUT2D eigenvalue weighted by Gasteiger charge is -2.26. The Balaban J connectivity index is 1.96. The molecule has 4 nitrogen and oxygen atoms in total. The van der Waals surface area contributed by atoms with Crippen molar-refractivity contribution in [2.75, 3.05) is 26.2 Å². The summed E-state index contributed by atoms with van der Waals surface area (Å²) >= 11 is 3.51. The molecule has 1 amide bonds. The summed E-state index contributed by atoms with van der Waals surface area (Å²) in [6.07, 6.45) is 3.43. The molecule has 1 saturated heterocycles. The molecule has 0 radical (unpaired) electrons. The van der Waals surface area contributed by atoms with E-state index in [1.165, 1.54) is 6.42 Å². The first-order valence-electron chi connectivity index (χ1n) is 7.61. The summed E-state index contributed by atoms with van der Waals surface area (Å²) in [6, 6.07) is 5.94. The van der Waals surface area contributed by atoms with Gasteiger partial charge in [-0.1, -0.05) is 19.1 Å². The third kappa shape index (κ3) is 4.71. The molecule has 0 aromatic heterocycles. The minimum absolute atomic E-state index is 0.0832. The van der Waals surface area contributed by atoms with Crippen molar-refractivity contribution in [1.82, 2.24) is 10.2 Å². The predicted molar refractivity (Wildman–Crippen MR) is 87.4 cm³/mol. The van der Waals surface area contributed by atoms with Crippen LogP contribution in [0.25, 0.3) is 0 Å². The largest absolute Gasteiger partial charge is 0.482 e. The van der Waals surface area contributed by atoms with Crippen molar-refractivity contribution in [1.29, 1.82) is 0 Å². The van der Waals surface area contributed by atoms with E-state index in [1.54, 1.807) is 0 Å². The van der Waals surface area contributed by atoms with Gasteiger partial charge in [0.15, 0.2) is 6.61 Å². The lowest BCUT2D eigenvalue weighted by atomic mass is 10.1. The lowest BCUT2D eigenvalue weighted by molar-refractivity contribution is -0.134. The van der Waals surface area contributed by atoms with Crippen LogP contribution in [-0.4, -0.2) is 37.0 Å². The maximum atomic E-state index is 12.2. The van der Waals surface area contributed by atoms with Crippen molar-refractivity contribution < 1.29 is 9.53 Å². The maximum Gasteiger partial charge on any atom is 0.260 e. The third-order valence-electron chi connectivity index (χ3n) is 3.66. The van der Waals surface area contributed by atoms with Crippen LogP contribution < -0.4 is 10.1 Å². The topological polar surface area (TPSA) is 41.6 Å². The van der Waals surface area contributed by atoms with Crippen molar-refractivity contribution in [2.45, 2.75) is 32.7 Å². The smallest absolute Gasteiger partial charge is 0.260 e. The molecule has 0 atom stereocenters. The van der Waals surface area contributed by atoms with Crippen LogP contribution in [0.2, 0.25) is 0 Å². The van der Waals surface area contributed by atoms with Crippen LogP contribution in [0.15, 0.2) is 22.7 Å². The van der Waals surface area contributed by atoms with Gasteiger partial charge in [-0.3, -0.25) is 4.79 Å². The minimum Gasteiger partial charge on any atom is -0.482 e. The summed E-state index contributed by atoms with van der Waals surface area (Å²) in [5.74, 6) is 0.851. The van der Waals surface area contributed by atoms with E-state index in [-0.39, 0.29) is 12.5 Å². The number of rotatable bonds is 6. The predicted octanol–water partition coefficient (Wildman–Crippen LogP) is 2.95. The summed E-state index contributed by atoms with van der Waals surface area (Å²) in [7, 11) is 0. The number of nitrogens with one attached hydrogen (secondary N) is 1. The molecule has 0 aliphatic carbocycles. The van der Waals surface area contributed by atoms with E-state index in [0.717, 1.165) is 54.8 Å². The molecule has 1 N–H and O–H groups in total. The standard InChI is InChI=1S/C16H23BrN2O2/c1-2-18-11-13-7-6-8-14(17)16(13)21-12-15(20)19-9-4-3-5-10-19/h6-8,18H,2-5,9-12H2,1H3. The van der Waals surface area contributed by atoms with E-state index in [0.29, 0.717) is 0 Å². The zero-order valence-corrected chi connectivity index (χ0v) is 14.1. The zero-order valence-electron chi connectivity index (χ0n) is 12.5. The Bertz CT molecular complexity index is 473. The Morgan fingerprint density at radius 2 is 2.10 bits per heavy atom. The minimum atomic E-state index is 0.0832. The van der Waals surface area contributed by atoms with E-state index < -0.39 is 0 Å². The molecule has 0 unspecified atom stereocenters. The Morgan fingerprint density at radius 3 is 2.81 bits per heavy atom. The van der Waals surface area contributed by atoms with Crippen LogP contribution >= 0.6 is 15.9 Å². The van der Waals surface area contributed by atoms with Gasteiger partial charge >= 0.3 is 0 Å². The number of halogens is 1. The molecule has 1 fully saturated rings. The van der Waals surface area contributed by atoms with Gasteiger partial charge in [-0.15, -0.1) is 0 Å². The number of hydrogen-bond acceptors (Lipinski definition) is 3. The number of carbonyl (C=O) groups excluding carboxylic acids is 1. The van der Waals surface area contributed by atoms with Gasteiger partial charge in [-0.2, -0.15) is 0 Å². The molecule has 1 aliphatic rings. The number of para-hydroxylation sites is 1. The Labute approximate surface area is 135 Å². The van der Waals surface area contributed by atoms with E-state index in [2.05, 4.69) is 28.2 Å². The molecule has 2 rings (SSSR count). The number of carbonyl (C=O) groups is 1. The molecule has 0 spiro atoms. The van der Waals surface area contributed by atoms with Crippen LogP contribution in [0.1, 0.15) is 31.7 Å². The van der Waals surface area contributed by atoms with E-state index >= 15 is 0 Å². The van der Waals surface area contributed by atoms with Gasteiger partial charge < -0.3 is 15.0 Å². The molecule has 0 saturated carbocycles. The van der Waals surface area contributed by atoms with E-state index in [1.807, 2.05) is 23.1 Å². The highest BCUT2D eigenvalue weighted by molar-refractivity contribution is 9.10. The maximum absolute atomic E-state index is 12.2. The molecule has 0 bridgehead atoms. The normalized spacial score (nSPS) is 15.0. The number of hydrogen-bond donors (Lipinski definition) is 1. The summed E-state index contributed by atoms with van der Waals surface area (Å²) in [4.78, 5) is 14.1. The van der Waals surface area contributed by atoms with Gasteiger partial charge in [-0.25, -0.2) is 0 Å². The number of likely N-dealkylation sites (tertiary alicyclic amines) is 1. The fourth-order valence-corrected chi connectivity index (χ4v) is 3.00. The molecule has 21 heavy (non-hydrogen) atoms.